The van der Waals surface area contributed by atoms with Crippen LogP contribution in [-0.4, -0.2) is 46.2 Å². The lowest BCUT2D eigenvalue weighted by atomic mass is 10.2. The van der Waals surface area contributed by atoms with Gasteiger partial charge in [0.05, 0.1) is 11.0 Å². The number of nitro benzene ring substituents is 1. The fourth-order valence-corrected chi connectivity index (χ4v) is 3.14. The smallest absolute Gasteiger partial charge is 0.293 e. The molecule has 1 heterocycles. The number of sulfonamides is 1. The highest BCUT2D eigenvalue weighted by atomic mass is 35.5. The number of benzene rings is 1. The van der Waals surface area contributed by atoms with Crippen molar-refractivity contribution < 1.29 is 22.8 Å². The van der Waals surface area contributed by atoms with Gasteiger partial charge in [0.1, 0.15) is 13.2 Å². The second-order valence-electron chi connectivity index (χ2n) is 4.47. The average molecular weight is 368 g/mol. The molecule has 130 valence electrons. The van der Waals surface area contributed by atoms with Gasteiger partial charge in [0.2, 0.25) is 10.0 Å². The molecule has 1 aromatic rings. The van der Waals surface area contributed by atoms with Crippen molar-refractivity contribution in [2.75, 3.05) is 32.8 Å². The molecule has 9 nitrogen and oxygen atoms in total. The third-order valence-electron chi connectivity index (χ3n) is 2.95. The zero-order valence-corrected chi connectivity index (χ0v) is 14.0. The number of ether oxygens (including phenoxy) is 2. The highest BCUT2D eigenvalue weighted by Gasteiger charge is 2.30. The Morgan fingerprint density at radius 1 is 1.22 bits per heavy atom. The molecule has 0 aromatic heterocycles. The van der Waals surface area contributed by atoms with Gasteiger partial charge < -0.3 is 14.8 Å². The summed E-state index contributed by atoms with van der Waals surface area (Å²) in [6.45, 7) is 3.66. The van der Waals surface area contributed by atoms with Gasteiger partial charge in [-0.1, -0.05) is 6.92 Å². The molecule has 0 fully saturated rings. The summed E-state index contributed by atoms with van der Waals surface area (Å²) in [5.74, 6) is 0.355. The van der Waals surface area contributed by atoms with E-state index in [-0.39, 0.29) is 43.7 Å². The highest BCUT2D eigenvalue weighted by Crippen LogP contribution is 2.38. The van der Waals surface area contributed by atoms with Gasteiger partial charge in [0, 0.05) is 19.2 Å². The van der Waals surface area contributed by atoms with E-state index >= 15 is 0 Å². The molecule has 0 radical (unpaired) electrons. The number of nitrogens with one attached hydrogen (secondary N) is 2. The molecular formula is C12H18ClN3O6S. The quantitative estimate of drug-likeness (QED) is 0.413. The minimum Gasteiger partial charge on any atom is -0.486 e. The summed E-state index contributed by atoms with van der Waals surface area (Å²) in [6.07, 6.45) is 0. The van der Waals surface area contributed by atoms with E-state index in [1.54, 1.807) is 0 Å². The van der Waals surface area contributed by atoms with Gasteiger partial charge in [-0.05, 0) is 6.54 Å². The van der Waals surface area contributed by atoms with Crippen LogP contribution in [0.25, 0.3) is 0 Å². The van der Waals surface area contributed by atoms with Crippen LogP contribution in [0.2, 0.25) is 0 Å². The number of rotatable bonds is 7. The molecule has 0 spiro atoms. The van der Waals surface area contributed by atoms with Gasteiger partial charge >= 0.3 is 0 Å². The summed E-state index contributed by atoms with van der Waals surface area (Å²) in [5.41, 5.74) is -0.541. The fourth-order valence-electron chi connectivity index (χ4n) is 1.95. The van der Waals surface area contributed by atoms with Crippen LogP contribution >= 0.6 is 12.4 Å². The Bertz CT molecular complexity index is 667. The molecule has 0 atom stereocenters. The molecule has 0 bridgehead atoms. The van der Waals surface area contributed by atoms with E-state index in [1.807, 2.05) is 6.92 Å². The Kier molecular flexibility index (Phi) is 7.01. The minimum atomic E-state index is -4.02. The Balaban J connectivity index is 0.00000264. The third-order valence-corrected chi connectivity index (χ3v) is 4.44. The maximum absolute atomic E-state index is 12.3. The molecule has 0 aliphatic carbocycles. The summed E-state index contributed by atoms with van der Waals surface area (Å²) in [7, 11) is -4.02. The largest absolute Gasteiger partial charge is 0.486 e. The van der Waals surface area contributed by atoms with E-state index < -0.39 is 25.5 Å². The lowest BCUT2D eigenvalue weighted by Gasteiger charge is -2.19. The first kappa shape index (κ1) is 19.4. The molecule has 11 heteroatoms. The van der Waals surface area contributed by atoms with Crippen LogP contribution < -0.4 is 19.5 Å². The van der Waals surface area contributed by atoms with Crippen LogP contribution in [0.5, 0.6) is 11.5 Å². The van der Waals surface area contributed by atoms with E-state index in [9.17, 15) is 18.5 Å². The molecule has 2 N–H and O–H groups in total. The molecule has 0 unspecified atom stereocenters. The number of hydrogen-bond acceptors (Lipinski definition) is 7. The number of nitrogens with zero attached hydrogens (tertiary/aromatic N) is 1. The summed E-state index contributed by atoms with van der Waals surface area (Å²) >= 11 is 0. The lowest BCUT2D eigenvalue weighted by molar-refractivity contribution is -0.388. The molecular weight excluding hydrogens is 350 g/mol. The Morgan fingerprint density at radius 2 is 1.83 bits per heavy atom. The number of likely N-dealkylation sites (N-methyl/N-ethyl adjacent to an activating group) is 1. The third kappa shape index (κ3) is 4.67. The van der Waals surface area contributed by atoms with Crippen LogP contribution in [0.4, 0.5) is 5.69 Å². The molecule has 2 rings (SSSR count). The maximum Gasteiger partial charge on any atom is 0.293 e. The molecule has 23 heavy (non-hydrogen) atoms. The fraction of sp³-hybridized carbons (Fsp3) is 0.500. The Hall–Kier alpha value is -1.62. The van der Waals surface area contributed by atoms with E-state index in [4.69, 9.17) is 9.47 Å². The summed E-state index contributed by atoms with van der Waals surface area (Å²) in [5, 5.41) is 14.1. The molecule has 1 aliphatic rings. The van der Waals surface area contributed by atoms with Gasteiger partial charge in [-0.2, -0.15) is 0 Å². The van der Waals surface area contributed by atoms with E-state index in [0.717, 1.165) is 12.1 Å². The van der Waals surface area contributed by atoms with E-state index in [1.165, 1.54) is 0 Å². The zero-order chi connectivity index (χ0) is 16.2. The minimum absolute atomic E-state index is 0. The van der Waals surface area contributed by atoms with Crippen molar-refractivity contribution in [2.45, 2.75) is 11.8 Å². The van der Waals surface area contributed by atoms with Crippen molar-refractivity contribution in [1.82, 2.24) is 10.0 Å². The number of nitro groups is 1. The van der Waals surface area contributed by atoms with Crippen molar-refractivity contribution in [3.05, 3.63) is 22.2 Å². The first-order chi connectivity index (χ1) is 10.5. The van der Waals surface area contributed by atoms with Crippen LogP contribution in [0.3, 0.4) is 0 Å². The SMILES string of the molecule is CCNCCNS(=O)(=O)c1cc2c(cc1[N+](=O)[O-])OCCO2.Cl. The van der Waals surface area contributed by atoms with Crippen molar-refractivity contribution >= 4 is 28.1 Å². The van der Waals surface area contributed by atoms with Crippen LogP contribution in [0, 0.1) is 10.1 Å². The zero-order valence-electron chi connectivity index (χ0n) is 12.4. The van der Waals surface area contributed by atoms with E-state index in [0.29, 0.717) is 13.1 Å². The Labute approximate surface area is 140 Å². The van der Waals surface area contributed by atoms with Crippen molar-refractivity contribution in [3.63, 3.8) is 0 Å². The molecule has 0 saturated carbocycles. The van der Waals surface area contributed by atoms with Crippen LogP contribution in [-0.2, 0) is 10.0 Å². The van der Waals surface area contributed by atoms with Gasteiger partial charge in [0.15, 0.2) is 16.4 Å². The van der Waals surface area contributed by atoms with Crippen molar-refractivity contribution in [1.29, 1.82) is 0 Å². The second-order valence-corrected chi connectivity index (χ2v) is 6.21. The van der Waals surface area contributed by atoms with Crippen molar-refractivity contribution in [2.24, 2.45) is 0 Å². The lowest BCUT2D eigenvalue weighted by Crippen LogP contribution is -2.32. The molecule has 0 saturated heterocycles. The van der Waals surface area contributed by atoms with Gasteiger partial charge in [-0.3, -0.25) is 10.1 Å². The topological polar surface area (TPSA) is 120 Å². The molecule has 1 aliphatic heterocycles. The second kappa shape index (κ2) is 8.29. The summed E-state index contributed by atoms with van der Waals surface area (Å²) in [6, 6.07) is 2.20. The first-order valence-corrected chi connectivity index (χ1v) is 8.22. The summed E-state index contributed by atoms with van der Waals surface area (Å²) < 4.78 is 37.4. The van der Waals surface area contributed by atoms with Gasteiger partial charge in [0.25, 0.3) is 5.69 Å². The van der Waals surface area contributed by atoms with Crippen molar-refractivity contribution in [3.8, 4) is 11.5 Å². The predicted octanol–water partition coefficient (Wildman–Crippen LogP) is 0.676. The van der Waals surface area contributed by atoms with Crippen LogP contribution in [0.15, 0.2) is 17.0 Å². The molecule has 1 aromatic carbocycles. The molecule has 0 amide bonds. The average Bonchev–Trinajstić information content (AvgIpc) is 2.50. The Morgan fingerprint density at radius 3 is 2.39 bits per heavy atom. The number of fused-ring (bicyclic) bond motifs is 1. The predicted molar refractivity (Wildman–Crippen MR) is 85.1 cm³/mol. The van der Waals surface area contributed by atoms with Gasteiger partial charge in [-0.15, -0.1) is 12.4 Å². The van der Waals surface area contributed by atoms with E-state index in [2.05, 4.69) is 10.0 Å². The van der Waals surface area contributed by atoms with Crippen LogP contribution in [0.1, 0.15) is 6.92 Å². The normalized spacial score (nSPS) is 13.3. The highest BCUT2D eigenvalue weighted by molar-refractivity contribution is 7.89. The van der Waals surface area contributed by atoms with Gasteiger partial charge in [-0.25, -0.2) is 13.1 Å². The maximum atomic E-state index is 12.3. The standard InChI is InChI=1S/C12H17N3O6S.ClH/c1-2-13-3-4-14-22(18,19)12-8-11-10(20-5-6-21-11)7-9(12)15(16)17;/h7-8,13-14H,2-6H2,1H3;1H. The number of halogens is 1. The monoisotopic (exact) mass is 367 g/mol. The first-order valence-electron chi connectivity index (χ1n) is 6.74. The number of hydrogen-bond donors (Lipinski definition) is 2. The summed E-state index contributed by atoms with van der Waals surface area (Å²) in [4.78, 5) is 9.95.